The lowest BCUT2D eigenvalue weighted by Gasteiger charge is -2.41. The number of aliphatic carboxylic acids is 1. The molecule has 0 bridgehead atoms. The lowest BCUT2D eigenvalue weighted by molar-refractivity contribution is -0.144. The first-order valence-corrected chi connectivity index (χ1v) is 6.61. The second-order valence-corrected chi connectivity index (χ2v) is 5.59. The topological polar surface area (TPSA) is 62.5 Å². The van der Waals surface area contributed by atoms with Crippen LogP contribution in [0.3, 0.4) is 0 Å². The Hall–Kier alpha value is -1.20. The van der Waals surface area contributed by atoms with Gasteiger partial charge in [-0.3, -0.25) is 9.59 Å². The van der Waals surface area contributed by atoms with Gasteiger partial charge in [0.15, 0.2) is 0 Å². The Balaban J connectivity index is 2.04. The van der Waals surface area contributed by atoms with Crippen molar-refractivity contribution in [2.75, 3.05) is 13.1 Å². The Kier molecular flexibility index (Phi) is 3.78. The maximum atomic E-state index is 12.2. The molecular formula is C12H14Cl2N2O3. The van der Waals surface area contributed by atoms with Gasteiger partial charge in [0.2, 0.25) is 0 Å². The summed E-state index contributed by atoms with van der Waals surface area (Å²) >= 11 is 11.8. The average molecular weight is 305 g/mol. The van der Waals surface area contributed by atoms with Gasteiger partial charge in [0.05, 0.1) is 10.9 Å². The zero-order valence-corrected chi connectivity index (χ0v) is 12.1. The third-order valence-corrected chi connectivity index (χ3v) is 4.47. The van der Waals surface area contributed by atoms with E-state index >= 15 is 0 Å². The van der Waals surface area contributed by atoms with Crippen LogP contribution in [-0.2, 0) is 11.8 Å². The van der Waals surface area contributed by atoms with Crippen LogP contribution in [0.2, 0.25) is 10.2 Å². The molecule has 1 fully saturated rings. The first-order chi connectivity index (χ1) is 8.82. The van der Waals surface area contributed by atoms with Crippen molar-refractivity contribution in [2.24, 2.45) is 18.9 Å². The second kappa shape index (κ2) is 5.06. The quantitative estimate of drug-likeness (QED) is 0.930. The molecule has 0 aromatic carbocycles. The molecule has 1 saturated heterocycles. The Bertz CT molecular complexity index is 535. The molecular weight excluding hydrogens is 291 g/mol. The maximum absolute atomic E-state index is 12.2. The molecule has 1 aliphatic heterocycles. The summed E-state index contributed by atoms with van der Waals surface area (Å²) in [5.74, 6) is -1.44. The largest absolute Gasteiger partial charge is 0.481 e. The molecule has 7 heteroatoms. The molecule has 2 rings (SSSR count). The molecule has 0 spiro atoms. The van der Waals surface area contributed by atoms with E-state index < -0.39 is 11.9 Å². The summed E-state index contributed by atoms with van der Waals surface area (Å²) < 4.78 is 1.53. The molecule has 2 heterocycles. The standard InChI is InChI=1S/C12H14Cl2N2O3/c1-6(12(18)19)7-4-16(5-7)11(17)9-3-8(13)10(14)15(9)2/h3,6-7H,4-5H2,1-2H3,(H,18,19). The van der Waals surface area contributed by atoms with Gasteiger partial charge in [-0.05, 0) is 6.07 Å². The lowest BCUT2D eigenvalue weighted by Crippen LogP contribution is -2.53. The van der Waals surface area contributed by atoms with Gasteiger partial charge in [-0.2, -0.15) is 0 Å². The minimum atomic E-state index is -0.831. The van der Waals surface area contributed by atoms with E-state index in [0.29, 0.717) is 29.0 Å². The van der Waals surface area contributed by atoms with Crippen LogP contribution in [0.15, 0.2) is 6.07 Å². The molecule has 0 radical (unpaired) electrons. The number of halogens is 2. The number of likely N-dealkylation sites (tertiary alicyclic amines) is 1. The highest BCUT2D eigenvalue weighted by molar-refractivity contribution is 6.41. The van der Waals surface area contributed by atoms with Gasteiger partial charge in [-0.1, -0.05) is 30.1 Å². The summed E-state index contributed by atoms with van der Waals surface area (Å²) in [4.78, 5) is 24.6. The first-order valence-electron chi connectivity index (χ1n) is 5.85. The van der Waals surface area contributed by atoms with E-state index in [4.69, 9.17) is 28.3 Å². The molecule has 5 nitrogen and oxygen atoms in total. The summed E-state index contributed by atoms with van der Waals surface area (Å²) in [6.45, 7) is 2.56. The fraction of sp³-hybridized carbons (Fsp3) is 0.500. The number of aromatic nitrogens is 1. The highest BCUT2D eigenvalue weighted by Gasteiger charge is 2.38. The van der Waals surface area contributed by atoms with Crippen molar-refractivity contribution in [3.8, 4) is 0 Å². The monoisotopic (exact) mass is 304 g/mol. The number of hydrogen-bond donors (Lipinski definition) is 1. The molecule has 0 aliphatic carbocycles. The molecule has 0 saturated carbocycles. The van der Waals surface area contributed by atoms with E-state index in [1.54, 1.807) is 18.9 Å². The van der Waals surface area contributed by atoms with Gasteiger partial charge in [-0.15, -0.1) is 0 Å². The van der Waals surface area contributed by atoms with Gasteiger partial charge in [-0.25, -0.2) is 0 Å². The van der Waals surface area contributed by atoms with Crippen LogP contribution < -0.4 is 0 Å². The predicted octanol–water partition coefficient (Wildman–Crippen LogP) is 2.12. The zero-order chi connectivity index (χ0) is 14.3. The van der Waals surface area contributed by atoms with Crippen molar-refractivity contribution in [3.63, 3.8) is 0 Å². The molecule has 1 unspecified atom stereocenters. The van der Waals surface area contributed by atoms with E-state index in [1.807, 2.05) is 0 Å². The number of amides is 1. The number of carboxylic acids is 1. The van der Waals surface area contributed by atoms with Crippen molar-refractivity contribution in [1.29, 1.82) is 0 Å². The van der Waals surface area contributed by atoms with Gasteiger partial charge >= 0.3 is 5.97 Å². The second-order valence-electron chi connectivity index (χ2n) is 4.82. The summed E-state index contributed by atoms with van der Waals surface area (Å²) in [5, 5.41) is 9.56. The molecule has 1 aliphatic rings. The molecule has 1 amide bonds. The van der Waals surface area contributed by atoms with Crippen LogP contribution in [0.1, 0.15) is 17.4 Å². The molecule has 19 heavy (non-hydrogen) atoms. The number of hydrogen-bond acceptors (Lipinski definition) is 2. The highest BCUT2D eigenvalue weighted by atomic mass is 35.5. The molecule has 1 aromatic heterocycles. The fourth-order valence-electron chi connectivity index (χ4n) is 2.11. The maximum Gasteiger partial charge on any atom is 0.306 e. The highest BCUT2D eigenvalue weighted by Crippen LogP contribution is 2.29. The first kappa shape index (κ1) is 14.2. The van der Waals surface area contributed by atoms with Crippen LogP contribution in [0.4, 0.5) is 0 Å². The molecule has 1 N–H and O–H groups in total. The lowest BCUT2D eigenvalue weighted by atomic mass is 9.87. The summed E-state index contributed by atoms with van der Waals surface area (Å²) in [6, 6.07) is 1.53. The van der Waals surface area contributed by atoms with E-state index in [-0.39, 0.29) is 11.8 Å². The minimum Gasteiger partial charge on any atom is -0.481 e. The van der Waals surface area contributed by atoms with E-state index in [2.05, 4.69) is 0 Å². The van der Waals surface area contributed by atoms with Gasteiger partial charge in [0.1, 0.15) is 10.8 Å². The Morgan fingerprint density at radius 2 is 2.00 bits per heavy atom. The third-order valence-electron chi connectivity index (χ3n) is 3.63. The molecule has 1 atom stereocenters. The van der Waals surface area contributed by atoms with Crippen molar-refractivity contribution in [2.45, 2.75) is 6.92 Å². The van der Waals surface area contributed by atoms with Crippen molar-refractivity contribution < 1.29 is 14.7 Å². The molecule has 104 valence electrons. The van der Waals surface area contributed by atoms with E-state index in [0.717, 1.165) is 0 Å². The Morgan fingerprint density at radius 1 is 1.42 bits per heavy atom. The smallest absolute Gasteiger partial charge is 0.306 e. The summed E-state index contributed by atoms with van der Waals surface area (Å²) in [5.41, 5.74) is 0.413. The predicted molar refractivity (Wildman–Crippen MR) is 71.6 cm³/mol. The third kappa shape index (κ3) is 2.44. The van der Waals surface area contributed by atoms with E-state index in [9.17, 15) is 9.59 Å². The van der Waals surface area contributed by atoms with Gasteiger partial charge in [0, 0.05) is 26.1 Å². The zero-order valence-electron chi connectivity index (χ0n) is 10.6. The van der Waals surface area contributed by atoms with Crippen LogP contribution in [0, 0.1) is 11.8 Å². The molecule has 1 aromatic rings. The number of carbonyl (C=O) groups excluding carboxylic acids is 1. The average Bonchev–Trinajstić information content (AvgIpc) is 2.54. The SMILES string of the molecule is CC(C(=O)O)C1CN(C(=O)c2cc(Cl)c(Cl)n2C)C1. The number of rotatable bonds is 3. The Labute approximate surface area is 120 Å². The summed E-state index contributed by atoms with van der Waals surface area (Å²) in [6.07, 6.45) is 0. The van der Waals surface area contributed by atoms with Gasteiger partial charge in [0.25, 0.3) is 5.91 Å². The normalized spacial score (nSPS) is 17.2. The van der Waals surface area contributed by atoms with Crippen LogP contribution in [0.25, 0.3) is 0 Å². The van der Waals surface area contributed by atoms with Gasteiger partial charge < -0.3 is 14.6 Å². The fourth-order valence-corrected chi connectivity index (χ4v) is 2.48. The van der Waals surface area contributed by atoms with Crippen LogP contribution in [0.5, 0.6) is 0 Å². The van der Waals surface area contributed by atoms with Crippen molar-refractivity contribution in [3.05, 3.63) is 21.9 Å². The summed E-state index contributed by atoms with van der Waals surface area (Å²) in [7, 11) is 1.67. The van der Waals surface area contributed by atoms with E-state index in [1.165, 1.54) is 10.6 Å². The number of nitrogens with zero attached hydrogens (tertiary/aromatic N) is 2. The number of carbonyl (C=O) groups is 2. The minimum absolute atomic E-state index is 0.00709. The van der Waals surface area contributed by atoms with Crippen LogP contribution in [-0.4, -0.2) is 39.5 Å². The van der Waals surface area contributed by atoms with Crippen molar-refractivity contribution in [1.82, 2.24) is 9.47 Å². The van der Waals surface area contributed by atoms with Crippen LogP contribution >= 0.6 is 23.2 Å². The Morgan fingerprint density at radius 3 is 2.42 bits per heavy atom. The van der Waals surface area contributed by atoms with Crippen molar-refractivity contribution >= 4 is 35.1 Å². The number of carboxylic acid groups (broad SMARTS) is 1.